The lowest BCUT2D eigenvalue weighted by Crippen LogP contribution is -2.20. The van der Waals surface area contributed by atoms with Crippen molar-refractivity contribution in [3.8, 4) is 5.75 Å². The molecular weight excluding hydrogens is 176 g/mol. The molecule has 0 aromatic heterocycles. The van der Waals surface area contributed by atoms with Gasteiger partial charge < -0.3 is 5.11 Å². The average molecular weight is 190 g/mol. The molecule has 2 nitrogen and oxygen atoms in total. The number of carbonyl (C=O) groups excluding carboxylic acids is 1. The summed E-state index contributed by atoms with van der Waals surface area (Å²) in [6, 6.07) is 5.44. The molecule has 0 heterocycles. The van der Waals surface area contributed by atoms with Gasteiger partial charge >= 0.3 is 0 Å². The minimum atomic E-state index is 0.187. The fraction of sp³-hybridized carbons (Fsp3) is 0.417. The van der Waals surface area contributed by atoms with Gasteiger partial charge in [-0.25, -0.2) is 0 Å². The Balaban J connectivity index is 2.27. The number of carbonyl (C=O) groups is 1. The summed E-state index contributed by atoms with van der Waals surface area (Å²) in [5.41, 5.74) is 2.41. The van der Waals surface area contributed by atoms with Gasteiger partial charge in [-0.05, 0) is 49.4 Å². The van der Waals surface area contributed by atoms with Crippen LogP contribution in [0.4, 0.5) is 0 Å². The van der Waals surface area contributed by atoms with Crippen LogP contribution in [0, 0.1) is 5.92 Å². The predicted octanol–water partition coefficient (Wildman–Crippen LogP) is 2.09. The second-order valence-electron chi connectivity index (χ2n) is 4.00. The van der Waals surface area contributed by atoms with Crippen molar-refractivity contribution >= 4 is 5.78 Å². The number of ketones is 1. The van der Waals surface area contributed by atoms with Crippen LogP contribution < -0.4 is 0 Å². The molecule has 0 amide bonds. The molecule has 0 aliphatic heterocycles. The summed E-state index contributed by atoms with van der Waals surface area (Å²) < 4.78 is 0. The van der Waals surface area contributed by atoms with E-state index in [-0.39, 0.29) is 11.7 Å². The van der Waals surface area contributed by atoms with Crippen molar-refractivity contribution in [3.63, 3.8) is 0 Å². The van der Waals surface area contributed by atoms with Crippen molar-refractivity contribution in [2.24, 2.45) is 5.92 Å². The fourth-order valence-corrected chi connectivity index (χ4v) is 2.09. The molecule has 1 atom stereocenters. The van der Waals surface area contributed by atoms with Crippen molar-refractivity contribution in [1.82, 2.24) is 0 Å². The van der Waals surface area contributed by atoms with Crippen molar-refractivity contribution in [2.45, 2.75) is 26.2 Å². The summed E-state index contributed by atoms with van der Waals surface area (Å²) in [6.07, 6.45) is 2.67. The molecule has 0 bridgehead atoms. The van der Waals surface area contributed by atoms with E-state index in [2.05, 4.69) is 0 Å². The standard InChI is InChI=1S/C12H14O2/c1-8(13)9-2-3-11-7-12(14)5-4-10(11)6-9/h4-5,7,9,14H,2-3,6H2,1H3. The Morgan fingerprint density at radius 3 is 2.93 bits per heavy atom. The summed E-state index contributed by atoms with van der Waals surface area (Å²) in [5.74, 6) is 0.792. The van der Waals surface area contributed by atoms with E-state index in [0.717, 1.165) is 19.3 Å². The fourth-order valence-electron chi connectivity index (χ4n) is 2.09. The molecule has 2 rings (SSSR count). The van der Waals surface area contributed by atoms with Crippen LogP contribution >= 0.6 is 0 Å². The molecule has 2 heteroatoms. The van der Waals surface area contributed by atoms with Gasteiger partial charge in [0.25, 0.3) is 0 Å². The van der Waals surface area contributed by atoms with E-state index in [1.807, 2.05) is 12.1 Å². The van der Waals surface area contributed by atoms with Gasteiger partial charge in [0, 0.05) is 5.92 Å². The van der Waals surface area contributed by atoms with Gasteiger partial charge in [-0.1, -0.05) is 6.07 Å². The topological polar surface area (TPSA) is 37.3 Å². The molecule has 0 spiro atoms. The van der Waals surface area contributed by atoms with Crippen LogP contribution in [-0.2, 0) is 17.6 Å². The van der Waals surface area contributed by atoms with E-state index in [0.29, 0.717) is 5.75 Å². The smallest absolute Gasteiger partial charge is 0.133 e. The quantitative estimate of drug-likeness (QED) is 0.736. The van der Waals surface area contributed by atoms with Gasteiger partial charge in [-0.2, -0.15) is 0 Å². The first-order valence-electron chi connectivity index (χ1n) is 4.98. The van der Waals surface area contributed by atoms with Crippen LogP contribution in [0.2, 0.25) is 0 Å². The van der Waals surface area contributed by atoms with Crippen LogP contribution in [0.15, 0.2) is 18.2 Å². The molecule has 0 saturated heterocycles. The van der Waals surface area contributed by atoms with Gasteiger partial charge in [-0.3, -0.25) is 4.79 Å². The highest BCUT2D eigenvalue weighted by atomic mass is 16.3. The zero-order valence-corrected chi connectivity index (χ0v) is 8.29. The zero-order chi connectivity index (χ0) is 10.1. The molecular formula is C12H14O2. The number of fused-ring (bicyclic) bond motifs is 1. The van der Waals surface area contributed by atoms with Crippen LogP contribution in [0.3, 0.4) is 0 Å². The third kappa shape index (κ3) is 1.65. The third-order valence-corrected chi connectivity index (χ3v) is 2.99. The number of rotatable bonds is 1. The van der Waals surface area contributed by atoms with Crippen LogP contribution in [0.25, 0.3) is 0 Å². The number of benzene rings is 1. The van der Waals surface area contributed by atoms with Gasteiger partial charge in [0.1, 0.15) is 11.5 Å². The molecule has 0 radical (unpaired) electrons. The molecule has 14 heavy (non-hydrogen) atoms. The van der Waals surface area contributed by atoms with E-state index in [1.54, 1.807) is 13.0 Å². The first-order valence-corrected chi connectivity index (χ1v) is 4.98. The first kappa shape index (κ1) is 9.25. The molecule has 1 aliphatic rings. The maximum absolute atomic E-state index is 11.2. The van der Waals surface area contributed by atoms with E-state index in [1.165, 1.54) is 11.1 Å². The Morgan fingerprint density at radius 1 is 1.43 bits per heavy atom. The van der Waals surface area contributed by atoms with E-state index < -0.39 is 0 Å². The third-order valence-electron chi connectivity index (χ3n) is 2.99. The van der Waals surface area contributed by atoms with Gasteiger partial charge in [0.05, 0.1) is 0 Å². The van der Waals surface area contributed by atoms with Crippen LogP contribution in [0.5, 0.6) is 5.75 Å². The summed E-state index contributed by atoms with van der Waals surface area (Å²) in [7, 11) is 0. The molecule has 1 N–H and O–H groups in total. The first-order chi connectivity index (χ1) is 6.66. The molecule has 1 aromatic rings. The molecule has 1 aliphatic carbocycles. The number of Topliss-reactive ketones (excluding diaryl/α,β-unsaturated/α-hetero) is 1. The number of hydrogen-bond acceptors (Lipinski definition) is 2. The Kier molecular flexibility index (Phi) is 2.28. The van der Waals surface area contributed by atoms with Crippen molar-refractivity contribution in [3.05, 3.63) is 29.3 Å². The lowest BCUT2D eigenvalue weighted by atomic mass is 9.82. The average Bonchev–Trinajstić information content (AvgIpc) is 2.16. The second kappa shape index (κ2) is 3.45. The number of aromatic hydroxyl groups is 1. The SMILES string of the molecule is CC(=O)C1CCc2cc(O)ccc2C1. The maximum Gasteiger partial charge on any atom is 0.133 e. The lowest BCUT2D eigenvalue weighted by Gasteiger charge is -2.22. The summed E-state index contributed by atoms with van der Waals surface area (Å²) in [4.78, 5) is 11.2. The van der Waals surface area contributed by atoms with Crippen molar-refractivity contribution in [1.29, 1.82) is 0 Å². The van der Waals surface area contributed by atoms with Gasteiger partial charge in [0.15, 0.2) is 0 Å². The minimum absolute atomic E-state index is 0.187. The molecule has 1 unspecified atom stereocenters. The van der Waals surface area contributed by atoms with Crippen LogP contribution in [-0.4, -0.2) is 10.9 Å². The number of phenols is 1. The molecule has 1 aromatic carbocycles. The predicted molar refractivity (Wildman–Crippen MR) is 54.3 cm³/mol. The van der Waals surface area contributed by atoms with Crippen molar-refractivity contribution < 1.29 is 9.90 Å². The molecule has 0 saturated carbocycles. The van der Waals surface area contributed by atoms with Gasteiger partial charge in [0.2, 0.25) is 0 Å². The Labute approximate surface area is 83.6 Å². The largest absolute Gasteiger partial charge is 0.508 e. The second-order valence-corrected chi connectivity index (χ2v) is 4.00. The highest BCUT2D eigenvalue weighted by molar-refractivity contribution is 5.79. The normalized spacial score (nSPS) is 20.2. The minimum Gasteiger partial charge on any atom is -0.508 e. The highest BCUT2D eigenvalue weighted by Gasteiger charge is 2.21. The number of aryl methyl sites for hydroxylation is 1. The summed E-state index contributed by atoms with van der Waals surface area (Å²) in [5, 5.41) is 9.30. The Morgan fingerprint density at radius 2 is 2.21 bits per heavy atom. The Bertz CT molecular complexity index is 369. The van der Waals surface area contributed by atoms with E-state index in [4.69, 9.17) is 0 Å². The molecule has 0 fully saturated rings. The summed E-state index contributed by atoms with van der Waals surface area (Å²) in [6.45, 7) is 1.66. The Hall–Kier alpha value is -1.31. The van der Waals surface area contributed by atoms with Gasteiger partial charge in [-0.15, -0.1) is 0 Å². The van der Waals surface area contributed by atoms with Crippen molar-refractivity contribution in [2.75, 3.05) is 0 Å². The maximum atomic E-state index is 11.2. The monoisotopic (exact) mass is 190 g/mol. The zero-order valence-electron chi connectivity index (χ0n) is 8.29. The summed E-state index contributed by atoms with van der Waals surface area (Å²) >= 11 is 0. The van der Waals surface area contributed by atoms with Crippen LogP contribution in [0.1, 0.15) is 24.5 Å². The number of phenolic OH excluding ortho intramolecular Hbond substituents is 1. The number of hydrogen-bond donors (Lipinski definition) is 1. The lowest BCUT2D eigenvalue weighted by molar-refractivity contribution is -0.121. The molecule has 74 valence electrons. The van der Waals surface area contributed by atoms with E-state index in [9.17, 15) is 9.90 Å². The van der Waals surface area contributed by atoms with E-state index >= 15 is 0 Å². The highest BCUT2D eigenvalue weighted by Crippen LogP contribution is 2.28.